The summed E-state index contributed by atoms with van der Waals surface area (Å²) >= 11 is 0. The molecule has 0 bridgehead atoms. The number of carbonyl (C=O) groups is 1. The molecule has 0 atom stereocenters. The van der Waals surface area contributed by atoms with Gasteiger partial charge in [0.25, 0.3) is 0 Å². The van der Waals surface area contributed by atoms with Crippen molar-refractivity contribution in [1.82, 2.24) is 0 Å². The lowest BCUT2D eigenvalue weighted by Crippen LogP contribution is -2.25. The Balaban J connectivity index is 4.09. The van der Waals surface area contributed by atoms with Gasteiger partial charge >= 0.3 is 5.97 Å². The third kappa shape index (κ3) is 1.70. The Morgan fingerprint density at radius 3 is 1.89 bits per heavy atom. The van der Waals surface area contributed by atoms with Crippen LogP contribution in [-0.2, 0) is 4.79 Å². The van der Waals surface area contributed by atoms with Crippen LogP contribution in [0, 0.1) is 12.3 Å². The van der Waals surface area contributed by atoms with Crippen molar-refractivity contribution in [3.63, 3.8) is 0 Å². The van der Waals surface area contributed by atoms with Crippen LogP contribution in [-0.4, -0.2) is 11.1 Å². The first-order valence-corrected chi connectivity index (χ1v) is 3.15. The lowest BCUT2D eigenvalue weighted by molar-refractivity contribution is -0.146. The fraction of sp³-hybridized carbons (Fsp3) is 0.714. The average molecular weight is 129 g/mol. The highest BCUT2D eigenvalue weighted by molar-refractivity contribution is 5.75. The van der Waals surface area contributed by atoms with Crippen molar-refractivity contribution in [3.05, 3.63) is 6.92 Å². The van der Waals surface area contributed by atoms with Crippen molar-refractivity contribution in [2.45, 2.75) is 26.7 Å². The number of hydrogen-bond donors (Lipinski definition) is 1. The molecule has 0 aliphatic carbocycles. The lowest BCUT2D eigenvalue weighted by Gasteiger charge is -2.19. The molecule has 0 spiro atoms. The van der Waals surface area contributed by atoms with E-state index in [4.69, 9.17) is 5.11 Å². The molecule has 9 heavy (non-hydrogen) atoms. The minimum atomic E-state index is -0.799. The molecule has 0 aromatic carbocycles. The van der Waals surface area contributed by atoms with Gasteiger partial charge in [-0.25, -0.2) is 0 Å². The first-order chi connectivity index (χ1) is 4.06. The molecule has 0 aliphatic heterocycles. The Kier molecular flexibility index (Phi) is 2.68. The van der Waals surface area contributed by atoms with Crippen LogP contribution in [0.25, 0.3) is 0 Å². The van der Waals surface area contributed by atoms with Crippen LogP contribution in [0.1, 0.15) is 26.7 Å². The molecule has 0 saturated carbocycles. The Labute approximate surface area is 55.9 Å². The third-order valence-corrected chi connectivity index (χ3v) is 1.81. The zero-order valence-corrected chi connectivity index (χ0v) is 5.98. The standard InChI is InChI=1S/C7H13O2/c1-4-7(3,5-2)6(8)9/h3-5H2,1-2H3,(H,8,9). The van der Waals surface area contributed by atoms with Gasteiger partial charge in [-0.3, -0.25) is 4.79 Å². The van der Waals surface area contributed by atoms with Crippen LogP contribution in [0.4, 0.5) is 0 Å². The summed E-state index contributed by atoms with van der Waals surface area (Å²) in [7, 11) is 0. The zero-order chi connectivity index (χ0) is 7.49. The van der Waals surface area contributed by atoms with Gasteiger partial charge in [0.05, 0.1) is 5.41 Å². The molecule has 0 fully saturated rings. The largest absolute Gasteiger partial charge is 0.481 e. The second-order valence-electron chi connectivity index (χ2n) is 2.29. The normalized spacial score (nSPS) is 11.4. The number of carboxylic acid groups (broad SMARTS) is 1. The molecule has 0 aromatic rings. The van der Waals surface area contributed by atoms with Gasteiger partial charge in [0, 0.05) is 0 Å². The topological polar surface area (TPSA) is 37.3 Å². The van der Waals surface area contributed by atoms with E-state index in [0.29, 0.717) is 12.8 Å². The molecule has 2 nitrogen and oxygen atoms in total. The molecule has 0 rings (SSSR count). The number of aliphatic carboxylic acids is 1. The fourth-order valence-corrected chi connectivity index (χ4v) is 0.552. The first kappa shape index (κ1) is 8.47. The summed E-state index contributed by atoms with van der Waals surface area (Å²) in [6.45, 7) is 7.28. The van der Waals surface area contributed by atoms with Gasteiger partial charge in [0.2, 0.25) is 0 Å². The monoisotopic (exact) mass is 129 g/mol. The molecule has 1 N–H and O–H groups in total. The molecule has 0 heterocycles. The van der Waals surface area contributed by atoms with E-state index in [2.05, 4.69) is 6.92 Å². The maximum Gasteiger partial charge on any atom is 0.309 e. The van der Waals surface area contributed by atoms with Crippen LogP contribution in [0.3, 0.4) is 0 Å². The Morgan fingerprint density at radius 2 is 1.89 bits per heavy atom. The molecule has 1 radical (unpaired) electrons. The Morgan fingerprint density at radius 1 is 1.56 bits per heavy atom. The second kappa shape index (κ2) is 2.85. The summed E-state index contributed by atoms with van der Waals surface area (Å²) in [5.41, 5.74) is -0.750. The van der Waals surface area contributed by atoms with Crippen molar-refractivity contribution < 1.29 is 9.90 Å². The molecule has 0 amide bonds. The first-order valence-electron chi connectivity index (χ1n) is 3.15. The molecule has 2 heteroatoms. The van der Waals surface area contributed by atoms with E-state index in [0.717, 1.165) is 0 Å². The van der Waals surface area contributed by atoms with E-state index in [1.807, 2.05) is 13.8 Å². The van der Waals surface area contributed by atoms with Gasteiger partial charge in [0.1, 0.15) is 0 Å². The highest BCUT2D eigenvalue weighted by atomic mass is 16.4. The maximum atomic E-state index is 10.4. The van der Waals surface area contributed by atoms with E-state index >= 15 is 0 Å². The minimum absolute atomic E-state index is 0.596. The van der Waals surface area contributed by atoms with Crippen molar-refractivity contribution in [3.8, 4) is 0 Å². The average Bonchev–Trinajstić information content (AvgIpc) is 1.86. The van der Waals surface area contributed by atoms with Crippen LogP contribution in [0.15, 0.2) is 0 Å². The van der Waals surface area contributed by atoms with Crippen molar-refractivity contribution >= 4 is 5.97 Å². The van der Waals surface area contributed by atoms with Gasteiger partial charge in [-0.15, -0.1) is 0 Å². The quantitative estimate of drug-likeness (QED) is 0.629. The highest BCUT2D eigenvalue weighted by Crippen LogP contribution is 2.24. The summed E-state index contributed by atoms with van der Waals surface area (Å²) in [5, 5.41) is 8.57. The van der Waals surface area contributed by atoms with Gasteiger partial charge < -0.3 is 5.11 Å². The van der Waals surface area contributed by atoms with Gasteiger partial charge in [-0.1, -0.05) is 13.8 Å². The van der Waals surface area contributed by atoms with Crippen molar-refractivity contribution in [1.29, 1.82) is 0 Å². The van der Waals surface area contributed by atoms with Crippen LogP contribution < -0.4 is 0 Å². The van der Waals surface area contributed by atoms with E-state index < -0.39 is 11.4 Å². The summed E-state index contributed by atoms with van der Waals surface area (Å²) in [4.78, 5) is 10.4. The zero-order valence-electron chi connectivity index (χ0n) is 5.98. The van der Waals surface area contributed by atoms with E-state index in [-0.39, 0.29) is 0 Å². The predicted octanol–water partition coefficient (Wildman–Crippen LogP) is 1.71. The van der Waals surface area contributed by atoms with Crippen molar-refractivity contribution in [2.24, 2.45) is 5.41 Å². The van der Waals surface area contributed by atoms with Crippen molar-refractivity contribution in [2.75, 3.05) is 0 Å². The Hall–Kier alpha value is -0.530. The summed E-state index contributed by atoms with van der Waals surface area (Å²) in [6.07, 6.45) is 1.19. The predicted molar refractivity (Wildman–Crippen MR) is 36.0 cm³/mol. The van der Waals surface area contributed by atoms with Gasteiger partial charge in [-0.05, 0) is 19.8 Å². The molecule has 0 aliphatic rings. The van der Waals surface area contributed by atoms with Crippen LogP contribution in [0.5, 0.6) is 0 Å². The summed E-state index contributed by atoms with van der Waals surface area (Å²) in [5.74, 6) is -0.799. The van der Waals surface area contributed by atoms with E-state index in [1.165, 1.54) is 0 Å². The lowest BCUT2D eigenvalue weighted by atomic mass is 9.85. The van der Waals surface area contributed by atoms with Crippen LogP contribution in [0.2, 0.25) is 0 Å². The molecule has 0 unspecified atom stereocenters. The minimum Gasteiger partial charge on any atom is -0.481 e. The van der Waals surface area contributed by atoms with E-state index in [1.54, 1.807) is 0 Å². The smallest absolute Gasteiger partial charge is 0.309 e. The fourth-order valence-electron chi connectivity index (χ4n) is 0.552. The number of hydrogen-bond acceptors (Lipinski definition) is 1. The number of carboxylic acids is 1. The highest BCUT2D eigenvalue weighted by Gasteiger charge is 2.28. The van der Waals surface area contributed by atoms with Gasteiger partial charge in [0.15, 0.2) is 0 Å². The summed E-state index contributed by atoms with van der Waals surface area (Å²) < 4.78 is 0. The summed E-state index contributed by atoms with van der Waals surface area (Å²) in [6, 6.07) is 0. The third-order valence-electron chi connectivity index (χ3n) is 1.81. The second-order valence-corrected chi connectivity index (χ2v) is 2.29. The molecular weight excluding hydrogens is 116 g/mol. The van der Waals surface area contributed by atoms with Gasteiger partial charge in [-0.2, -0.15) is 0 Å². The maximum absolute atomic E-state index is 10.4. The van der Waals surface area contributed by atoms with Crippen LogP contribution >= 0.6 is 0 Å². The molecular formula is C7H13O2. The molecule has 0 aromatic heterocycles. The molecule has 0 saturated heterocycles. The Bertz CT molecular complexity index is 103. The van der Waals surface area contributed by atoms with E-state index in [9.17, 15) is 4.79 Å². The SMILES string of the molecule is [CH2]C(CC)(CC)C(=O)O. The molecule has 53 valence electrons. The number of rotatable bonds is 3.